The molecule has 0 saturated carbocycles. The predicted molar refractivity (Wildman–Crippen MR) is 62.0 cm³/mol. The zero-order valence-corrected chi connectivity index (χ0v) is 9.92. The minimum Gasteiger partial charge on any atom is -0.312 e. The van der Waals surface area contributed by atoms with E-state index < -0.39 is 11.7 Å². The number of rotatable bonds is 2. The highest BCUT2D eigenvalue weighted by molar-refractivity contribution is 5.82. The van der Waals surface area contributed by atoms with E-state index in [0.717, 1.165) is 12.1 Å². The fourth-order valence-electron chi connectivity index (χ4n) is 1.73. The van der Waals surface area contributed by atoms with Crippen molar-refractivity contribution in [3.63, 3.8) is 0 Å². The molecular weight excluding hydrogens is 243 g/mol. The molecule has 18 heavy (non-hydrogen) atoms. The molecule has 96 valence electrons. The monoisotopic (exact) mass is 255 g/mol. The van der Waals surface area contributed by atoms with Crippen molar-refractivity contribution in [2.75, 3.05) is 7.05 Å². The Morgan fingerprint density at radius 3 is 2.56 bits per heavy atom. The molecule has 1 aromatic carbocycles. The van der Waals surface area contributed by atoms with Crippen molar-refractivity contribution in [2.45, 2.75) is 19.1 Å². The van der Waals surface area contributed by atoms with Gasteiger partial charge in [-0.2, -0.15) is 13.2 Å². The van der Waals surface area contributed by atoms with Gasteiger partial charge in [0, 0.05) is 11.4 Å². The smallest absolute Gasteiger partial charge is 0.312 e. The van der Waals surface area contributed by atoms with Crippen molar-refractivity contribution in [1.29, 1.82) is 0 Å². The van der Waals surface area contributed by atoms with Crippen molar-refractivity contribution >= 4 is 10.9 Å². The summed E-state index contributed by atoms with van der Waals surface area (Å²) in [5.41, 5.74) is 0.387. The van der Waals surface area contributed by atoms with Crippen LogP contribution >= 0.6 is 0 Å². The molecule has 1 heterocycles. The van der Waals surface area contributed by atoms with Crippen LogP contribution in [0.4, 0.5) is 13.2 Å². The van der Waals surface area contributed by atoms with Crippen molar-refractivity contribution in [3.8, 4) is 0 Å². The quantitative estimate of drug-likeness (QED) is 0.896. The first kappa shape index (κ1) is 12.8. The third-order valence-corrected chi connectivity index (χ3v) is 2.84. The van der Waals surface area contributed by atoms with Crippen LogP contribution in [-0.2, 0) is 6.18 Å². The lowest BCUT2D eigenvalue weighted by Gasteiger charge is -2.13. The van der Waals surface area contributed by atoms with Crippen LogP contribution in [0.2, 0.25) is 0 Å². The molecule has 0 radical (unpaired) electrons. The highest BCUT2D eigenvalue weighted by Crippen LogP contribution is 2.32. The lowest BCUT2D eigenvalue weighted by atomic mass is 10.1. The summed E-state index contributed by atoms with van der Waals surface area (Å²) in [7, 11) is 1.73. The van der Waals surface area contributed by atoms with Gasteiger partial charge in [-0.15, -0.1) is 0 Å². The van der Waals surface area contributed by atoms with E-state index in [-0.39, 0.29) is 6.04 Å². The maximum Gasteiger partial charge on any atom is 0.416 e. The minimum absolute atomic E-state index is 0.140. The molecule has 1 aromatic heterocycles. The largest absolute Gasteiger partial charge is 0.416 e. The Labute approximate surface area is 102 Å². The van der Waals surface area contributed by atoms with E-state index in [0.29, 0.717) is 16.6 Å². The Hall–Kier alpha value is -1.69. The van der Waals surface area contributed by atoms with Crippen LogP contribution in [0.1, 0.15) is 24.2 Å². The number of hydrogen-bond acceptors (Lipinski definition) is 3. The molecular formula is C12H12F3N3. The van der Waals surface area contributed by atoms with Crippen LogP contribution in [-0.4, -0.2) is 17.0 Å². The fourth-order valence-corrected chi connectivity index (χ4v) is 1.73. The van der Waals surface area contributed by atoms with Gasteiger partial charge in [-0.3, -0.25) is 0 Å². The molecule has 6 heteroatoms. The van der Waals surface area contributed by atoms with Gasteiger partial charge in [0.2, 0.25) is 0 Å². The van der Waals surface area contributed by atoms with E-state index in [4.69, 9.17) is 0 Å². The maximum atomic E-state index is 12.7. The Kier molecular flexibility index (Phi) is 3.21. The summed E-state index contributed by atoms with van der Waals surface area (Å²) >= 11 is 0. The van der Waals surface area contributed by atoms with Crippen molar-refractivity contribution < 1.29 is 13.2 Å². The summed E-state index contributed by atoms with van der Waals surface area (Å²) in [6.45, 7) is 1.84. The van der Waals surface area contributed by atoms with E-state index in [9.17, 15) is 13.2 Å². The Morgan fingerprint density at radius 1 is 1.22 bits per heavy atom. The van der Waals surface area contributed by atoms with Gasteiger partial charge in [0.15, 0.2) is 0 Å². The van der Waals surface area contributed by atoms with Crippen molar-refractivity contribution in [3.05, 3.63) is 35.8 Å². The second kappa shape index (κ2) is 4.53. The third kappa shape index (κ3) is 2.28. The summed E-state index contributed by atoms with van der Waals surface area (Å²) in [5, 5.41) is 3.39. The number of alkyl halides is 3. The van der Waals surface area contributed by atoms with Gasteiger partial charge in [0.1, 0.15) is 6.33 Å². The molecule has 0 aliphatic heterocycles. The summed E-state index contributed by atoms with van der Waals surface area (Å²) in [4.78, 5) is 8.04. The summed E-state index contributed by atoms with van der Waals surface area (Å²) in [5.74, 6) is 0. The molecule has 0 spiro atoms. The number of benzene rings is 1. The third-order valence-electron chi connectivity index (χ3n) is 2.84. The van der Waals surface area contributed by atoms with E-state index in [1.54, 1.807) is 7.05 Å². The molecule has 1 N–H and O–H groups in total. The molecule has 1 unspecified atom stereocenters. The van der Waals surface area contributed by atoms with Crippen LogP contribution < -0.4 is 5.32 Å². The molecule has 0 fully saturated rings. The van der Waals surface area contributed by atoms with Crippen molar-refractivity contribution in [1.82, 2.24) is 15.3 Å². The summed E-state index contributed by atoms with van der Waals surface area (Å²) in [6.07, 6.45) is -3.00. The fraction of sp³-hybridized carbons (Fsp3) is 0.333. The highest BCUT2D eigenvalue weighted by atomic mass is 19.4. The first-order valence-corrected chi connectivity index (χ1v) is 5.42. The van der Waals surface area contributed by atoms with Crippen LogP contribution in [0, 0.1) is 0 Å². The number of nitrogens with zero attached hydrogens (tertiary/aromatic N) is 2. The molecule has 0 aliphatic rings. The minimum atomic E-state index is -4.36. The zero-order valence-electron chi connectivity index (χ0n) is 9.92. The SMILES string of the molecule is CNC(C)c1ncnc2ccc(C(F)(F)F)cc12. The molecule has 0 saturated heterocycles. The normalized spacial score (nSPS) is 13.8. The van der Waals surface area contributed by atoms with Crippen LogP contribution in [0.25, 0.3) is 10.9 Å². The number of halogens is 3. The molecule has 3 nitrogen and oxygen atoms in total. The van der Waals surface area contributed by atoms with E-state index in [1.807, 2.05) is 6.92 Å². The van der Waals surface area contributed by atoms with Crippen molar-refractivity contribution in [2.24, 2.45) is 0 Å². The van der Waals surface area contributed by atoms with Crippen LogP contribution in [0.15, 0.2) is 24.5 Å². The van der Waals surface area contributed by atoms with Gasteiger partial charge >= 0.3 is 6.18 Å². The molecule has 2 aromatic rings. The molecule has 2 rings (SSSR count). The standard InChI is InChI=1S/C12H12F3N3/c1-7(16-2)11-9-5-8(12(13,14)15)3-4-10(9)17-6-18-11/h3-7,16H,1-2H3. The number of nitrogens with one attached hydrogen (secondary N) is 1. The van der Waals surface area contributed by atoms with E-state index in [2.05, 4.69) is 15.3 Å². The second-order valence-corrected chi connectivity index (χ2v) is 4.00. The maximum absolute atomic E-state index is 12.7. The predicted octanol–water partition coefficient (Wildman–Crippen LogP) is 2.93. The molecule has 0 aliphatic carbocycles. The van der Waals surface area contributed by atoms with Crippen LogP contribution in [0.5, 0.6) is 0 Å². The topological polar surface area (TPSA) is 37.8 Å². The summed E-state index contributed by atoms with van der Waals surface area (Å²) < 4.78 is 38.0. The van der Waals surface area contributed by atoms with E-state index in [1.165, 1.54) is 12.4 Å². The Bertz CT molecular complexity index is 566. The molecule has 0 bridgehead atoms. The lowest BCUT2D eigenvalue weighted by Crippen LogP contribution is -2.15. The number of hydrogen-bond donors (Lipinski definition) is 1. The Morgan fingerprint density at radius 2 is 1.94 bits per heavy atom. The Balaban J connectivity index is 2.66. The highest BCUT2D eigenvalue weighted by Gasteiger charge is 2.30. The molecule has 1 atom stereocenters. The van der Waals surface area contributed by atoms with E-state index >= 15 is 0 Å². The summed E-state index contributed by atoms with van der Waals surface area (Å²) in [6, 6.07) is 3.35. The van der Waals surface area contributed by atoms with Gasteiger partial charge in [-0.1, -0.05) is 0 Å². The molecule has 0 amide bonds. The first-order valence-electron chi connectivity index (χ1n) is 5.42. The number of fused-ring (bicyclic) bond motifs is 1. The lowest BCUT2D eigenvalue weighted by molar-refractivity contribution is -0.137. The zero-order chi connectivity index (χ0) is 13.3. The average Bonchev–Trinajstić information content (AvgIpc) is 2.35. The van der Waals surface area contributed by atoms with Gasteiger partial charge in [0.05, 0.1) is 16.8 Å². The first-order chi connectivity index (χ1) is 8.43. The van der Waals surface area contributed by atoms with Gasteiger partial charge < -0.3 is 5.32 Å². The average molecular weight is 255 g/mol. The van der Waals surface area contributed by atoms with Crippen LogP contribution in [0.3, 0.4) is 0 Å². The van der Waals surface area contributed by atoms with Gasteiger partial charge in [-0.25, -0.2) is 9.97 Å². The second-order valence-electron chi connectivity index (χ2n) is 4.00. The van der Waals surface area contributed by atoms with Gasteiger partial charge in [0.25, 0.3) is 0 Å². The number of aromatic nitrogens is 2. The van der Waals surface area contributed by atoms with Gasteiger partial charge in [-0.05, 0) is 32.2 Å².